The van der Waals surface area contributed by atoms with Crippen LogP contribution in [0.15, 0.2) is 60.7 Å². The number of fused-ring (bicyclic) bond motifs is 1. The first-order chi connectivity index (χ1) is 10.1. The van der Waals surface area contributed by atoms with E-state index in [-0.39, 0.29) is 5.56 Å². The summed E-state index contributed by atoms with van der Waals surface area (Å²) in [6.07, 6.45) is 0. The number of nitrogens with one attached hydrogen (secondary N) is 1. The number of carbonyl (C=O) groups excluding carboxylic acids is 1. The van der Waals surface area contributed by atoms with Crippen LogP contribution in [0.4, 0.5) is 10.1 Å². The smallest absolute Gasteiger partial charge is 0.258 e. The molecule has 0 bridgehead atoms. The first-order valence-corrected chi connectivity index (χ1v) is 6.70. The van der Waals surface area contributed by atoms with E-state index in [1.165, 1.54) is 6.07 Å². The minimum absolute atomic E-state index is 0.0585. The van der Waals surface area contributed by atoms with E-state index < -0.39 is 11.7 Å². The van der Waals surface area contributed by atoms with Gasteiger partial charge in [0.05, 0.1) is 5.56 Å². The summed E-state index contributed by atoms with van der Waals surface area (Å²) in [4.78, 5) is 12.2. The van der Waals surface area contributed by atoms with E-state index in [2.05, 4.69) is 5.32 Å². The molecule has 21 heavy (non-hydrogen) atoms. The molecule has 3 heteroatoms. The Morgan fingerprint density at radius 3 is 2.52 bits per heavy atom. The topological polar surface area (TPSA) is 29.1 Å². The number of carbonyl (C=O) groups is 1. The molecule has 1 amide bonds. The highest BCUT2D eigenvalue weighted by Gasteiger charge is 2.12. The molecular weight excluding hydrogens is 265 g/mol. The molecule has 2 nitrogen and oxygen atoms in total. The average Bonchev–Trinajstić information content (AvgIpc) is 2.49. The van der Waals surface area contributed by atoms with Crippen molar-refractivity contribution in [1.82, 2.24) is 0 Å². The number of benzene rings is 3. The molecule has 0 aliphatic rings. The van der Waals surface area contributed by atoms with Crippen LogP contribution >= 0.6 is 0 Å². The standard InChI is InChI=1S/C18H14FNO/c1-12-6-9-17(19)16(10-12)18(21)20-15-8-7-13-4-2-3-5-14(13)11-15/h2-11H,1H3,(H,20,21). The Morgan fingerprint density at radius 2 is 1.71 bits per heavy atom. The average molecular weight is 279 g/mol. The third-order valence-corrected chi connectivity index (χ3v) is 3.37. The van der Waals surface area contributed by atoms with Crippen LogP contribution in [-0.4, -0.2) is 5.91 Å². The minimum Gasteiger partial charge on any atom is -0.322 e. The molecule has 0 aliphatic carbocycles. The van der Waals surface area contributed by atoms with Gasteiger partial charge in [-0.15, -0.1) is 0 Å². The van der Waals surface area contributed by atoms with Crippen LogP contribution in [0.1, 0.15) is 15.9 Å². The molecule has 104 valence electrons. The van der Waals surface area contributed by atoms with Crippen LogP contribution in [0.5, 0.6) is 0 Å². The number of anilines is 1. The van der Waals surface area contributed by atoms with Crippen molar-refractivity contribution in [3.05, 3.63) is 77.6 Å². The van der Waals surface area contributed by atoms with Crippen molar-refractivity contribution in [1.29, 1.82) is 0 Å². The Balaban J connectivity index is 1.90. The van der Waals surface area contributed by atoms with Crippen molar-refractivity contribution < 1.29 is 9.18 Å². The van der Waals surface area contributed by atoms with Crippen LogP contribution in [-0.2, 0) is 0 Å². The molecule has 0 atom stereocenters. The van der Waals surface area contributed by atoms with Crippen LogP contribution in [0.3, 0.4) is 0 Å². The Labute approximate surface area is 122 Å². The Hall–Kier alpha value is -2.68. The molecule has 0 spiro atoms. The van der Waals surface area contributed by atoms with Crippen LogP contribution in [0, 0.1) is 12.7 Å². The highest BCUT2D eigenvalue weighted by Crippen LogP contribution is 2.20. The van der Waals surface area contributed by atoms with Gasteiger partial charge < -0.3 is 5.32 Å². The second-order valence-electron chi connectivity index (χ2n) is 5.00. The van der Waals surface area contributed by atoms with Crippen molar-refractivity contribution in [2.45, 2.75) is 6.92 Å². The van der Waals surface area contributed by atoms with Crippen molar-refractivity contribution in [3.8, 4) is 0 Å². The monoisotopic (exact) mass is 279 g/mol. The zero-order valence-electron chi connectivity index (χ0n) is 11.6. The van der Waals surface area contributed by atoms with E-state index in [1.807, 2.05) is 49.4 Å². The lowest BCUT2D eigenvalue weighted by Gasteiger charge is -2.08. The quantitative estimate of drug-likeness (QED) is 0.733. The molecule has 0 fully saturated rings. The van der Waals surface area contributed by atoms with Crippen LogP contribution in [0.2, 0.25) is 0 Å². The predicted molar refractivity (Wildman–Crippen MR) is 83.0 cm³/mol. The second-order valence-corrected chi connectivity index (χ2v) is 5.00. The normalized spacial score (nSPS) is 10.6. The number of hydrogen-bond acceptors (Lipinski definition) is 1. The molecule has 0 heterocycles. The van der Waals surface area contributed by atoms with Gasteiger partial charge in [-0.2, -0.15) is 0 Å². The molecule has 0 saturated heterocycles. The Morgan fingerprint density at radius 1 is 0.952 bits per heavy atom. The van der Waals surface area contributed by atoms with Gasteiger partial charge in [-0.1, -0.05) is 42.0 Å². The van der Waals surface area contributed by atoms with Crippen molar-refractivity contribution in [3.63, 3.8) is 0 Å². The summed E-state index contributed by atoms with van der Waals surface area (Å²) in [5.74, 6) is -0.953. The number of hydrogen-bond donors (Lipinski definition) is 1. The Bertz CT molecular complexity index is 826. The molecule has 0 unspecified atom stereocenters. The van der Waals surface area contributed by atoms with Crippen molar-refractivity contribution in [2.24, 2.45) is 0 Å². The maximum atomic E-state index is 13.7. The fraction of sp³-hybridized carbons (Fsp3) is 0.0556. The van der Waals surface area contributed by atoms with Gasteiger partial charge >= 0.3 is 0 Å². The molecule has 0 radical (unpaired) electrons. The maximum Gasteiger partial charge on any atom is 0.258 e. The highest BCUT2D eigenvalue weighted by molar-refractivity contribution is 6.05. The first kappa shape index (κ1) is 13.3. The van der Waals surface area contributed by atoms with Gasteiger partial charge in [-0.05, 0) is 42.0 Å². The van der Waals surface area contributed by atoms with Crippen molar-refractivity contribution >= 4 is 22.4 Å². The second kappa shape index (κ2) is 5.37. The van der Waals surface area contributed by atoms with E-state index >= 15 is 0 Å². The lowest BCUT2D eigenvalue weighted by Crippen LogP contribution is -2.13. The van der Waals surface area contributed by atoms with E-state index in [4.69, 9.17) is 0 Å². The van der Waals surface area contributed by atoms with Gasteiger partial charge in [-0.25, -0.2) is 4.39 Å². The number of aryl methyl sites for hydroxylation is 1. The molecule has 3 aromatic carbocycles. The summed E-state index contributed by atoms with van der Waals surface area (Å²) < 4.78 is 13.7. The van der Waals surface area contributed by atoms with Crippen molar-refractivity contribution in [2.75, 3.05) is 5.32 Å². The lowest BCUT2D eigenvalue weighted by molar-refractivity contribution is 0.102. The number of amides is 1. The van der Waals surface area contributed by atoms with Gasteiger partial charge in [0.2, 0.25) is 0 Å². The molecule has 0 aliphatic heterocycles. The maximum absolute atomic E-state index is 13.7. The van der Waals surface area contributed by atoms with E-state index in [0.29, 0.717) is 5.69 Å². The SMILES string of the molecule is Cc1ccc(F)c(C(=O)Nc2ccc3ccccc3c2)c1. The van der Waals surface area contributed by atoms with E-state index in [0.717, 1.165) is 16.3 Å². The number of rotatable bonds is 2. The van der Waals surface area contributed by atoms with Gasteiger partial charge in [0.25, 0.3) is 5.91 Å². The van der Waals surface area contributed by atoms with E-state index in [1.54, 1.807) is 12.1 Å². The van der Waals surface area contributed by atoms with Gasteiger partial charge in [0.15, 0.2) is 0 Å². The summed E-state index contributed by atoms with van der Waals surface area (Å²) in [7, 11) is 0. The van der Waals surface area contributed by atoms with Crippen LogP contribution in [0.25, 0.3) is 10.8 Å². The zero-order valence-corrected chi connectivity index (χ0v) is 11.6. The summed E-state index contributed by atoms with van der Waals surface area (Å²) in [5, 5.41) is 4.86. The molecule has 0 aromatic heterocycles. The summed E-state index contributed by atoms with van der Waals surface area (Å²) in [5.41, 5.74) is 1.56. The largest absolute Gasteiger partial charge is 0.322 e. The highest BCUT2D eigenvalue weighted by atomic mass is 19.1. The van der Waals surface area contributed by atoms with Gasteiger partial charge in [0, 0.05) is 5.69 Å². The predicted octanol–water partition coefficient (Wildman–Crippen LogP) is 4.54. The molecule has 0 saturated carbocycles. The van der Waals surface area contributed by atoms with E-state index in [9.17, 15) is 9.18 Å². The van der Waals surface area contributed by atoms with Gasteiger partial charge in [-0.3, -0.25) is 4.79 Å². The fourth-order valence-electron chi connectivity index (χ4n) is 2.28. The molecular formula is C18H14FNO. The fourth-order valence-corrected chi connectivity index (χ4v) is 2.28. The lowest BCUT2D eigenvalue weighted by atomic mass is 10.1. The number of halogens is 1. The third-order valence-electron chi connectivity index (χ3n) is 3.37. The first-order valence-electron chi connectivity index (χ1n) is 6.70. The van der Waals surface area contributed by atoms with Crippen LogP contribution < -0.4 is 5.32 Å². The minimum atomic E-state index is -0.515. The third kappa shape index (κ3) is 2.77. The molecule has 3 aromatic rings. The van der Waals surface area contributed by atoms with Gasteiger partial charge in [0.1, 0.15) is 5.82 Å². The zero-order chi connectivity index (χ0) is 14.8. The summed E-state index contributed by atoms with van der Waals surface area (Å²) in [6.45, 7) is 1.83. The Kier molecular flexibility index (Phi) is 3.40. The molecule has 1 N–H and O–H groups in total. The summed E-state index contributed by atoms with van der Waals surface area (Å²) >= 11 is 0. The molecule has 3 rings (SSSR count). The summed E-state index contributed by atoms with van der Waals surface area (Å²) in [6, 6.07) is 18.0.